The van der Waals surface area contributed by atoms with Gasteiger partial charge in [0, 0.05) is 23.2 Å². The number of benzene rings is 3. The number of rotatable bonds is 9. The van der Waals surface area contributed by atoms with Crippen LogP contribution in [-0.2, 0) is 32.5 Å². The number of ether oxygens (including phenoxy) is 1. The third-order valence-corrected chi connectivity index (χ3v) is 7.60. The van der Waals surface area contributed by atoms with Crippen molar-refractivity contribution in [2.45, 2.75) is 50.3 Å². The second-order valence-corrected chi connectivity index (χ2v) is 12.0. The predicted molar refractivity (Wildman–Crippen MR) is 140 cm³/mol. The molecule has 8 nitrogen and oxygen atoms in total. The van der Waals surface area contributed by atoms with Gasteiger partial charge in [-0.05, 0) is 62.6 Å². The maximum atomic E-state index is 13.9. The van der Waals surface area contributed by atoms with Crippen molar-refractivity contribution >= 4 is 37.6 Å². The maximum absolute atomic E-state index is 13.9. The quantitative estimate of drug-likeness (QED) is 0.190. The Kier molecular flexibility index (Phi) is 8.65. The predicted octanol–water partition coefficient (Wildman–Crippen LogP) is 5.50. The summed E-state index contributed by atoms with van der Waals surface area (Å²) in [5.41, 5.74) is 0.339. The number of hydrogen-bond donors (Lipinski definition) is 0. The highest BCUT2D eigenvalue weighted by Crippen LogP contribution is 2.27. The normalized spacial score (nSPS) is 12.8. The highest BCUT2D eigenvalue weighted by Gasteiger charge is 2.38. The summed E-state index contributed by atoms with van der Waals surface area (Å²) in [4.78, 5) is 23.8. The summed E-state index contributed by atoms with van der Waals surface area (Å²) in [7, 11) is -4.27. The van der Waals surface area contributed by atoms with Crippen LogP contribution in [0.2, 0.25) is 0 Å². The summed E-state index contributed by atoms with van der Waals surface area (Å²) in [5.74, 6) is -0.686. The van der Waals surface area contributed by atoms with Gasteiger partial charge in [-0.2, -0.15) is 4.31 Å². The van der Waals surface area contributed by atoms with E-state index in [9.17, 15) is 23.3 Å². The average molecular weight is 575 g/mol. The number of nitro benzene ring substituents is 1. The Morgan fingerprint density at radius 1 is 0.972 bits per heavy atom. The molecule has 0 N–H and O–H groups in total. The number of sulfonamides is 1. The second kappa shape index (κ2) is 11.3. The molecule has 0 fully saturated rings. The van der Waals surface area contributed by atoms with Crippen LogP contribution in [0.4, 0.5) is 5.69 Å². The first kappa shape index (κ1) is 27.5. The van der Waals surface area contributed by atoms with Gasteiger partial charge in [0.25, 0.3) is 5.69 Å². The summed E-state index contributed by atoms with van der Waals surface area (Å²) < 4.78 is 35.4. The molecule has 3 aromatic carbocycles. The molecule has 0 aromatic heterocycles. The van der Waals surface area contributed by atoms with Crippen molar-refractivity contribution in [3.8, 4) is 0 Å². The number of nitro groups is 1. The lowest BCUT2D eigenvalue weighted by Gasteiger charge is -2.32. The number of nitrogens with zero attached hydrogens (tertiary/aromatic N) is 2. The fraction of sp³-hybridized carbons (Fsp3) is 0.269. The lowest BCUT2D eigenvalue weighted by atomic mass is 10.0. The molecule has 0 unspecified atom stereocenters. The Hall–Kier alpha value is -3.08. The molecule has 0 aliphatic heterocycles. The molecule has 10 heteroatoms. The van der Waals surface area contributed by atoms with E-state index in [2.05, 4.69) is 15.9 Å². The van der Waals surface area contributed by atoms with Crippen LogP contribution in [0.3, 0.4) is 0 Å². The van der Waals surface area contributed by atoms with Crippen molar-refractivity contribution in [1.29, 1.82) is 0 Å². The van der Waals surface area contributed by atoms with E-state index in [1.165, 1.54) is 12.1 Å². The number of hydrogen-bond acceptors (Lipinski definition) is 6. The third-order valence-electron chi connectivity index (χ3n) is 5.20. The average Bonchev–Trinajstić information content (AvgIpc) is 2.82. The zero-order chi connectivity index (χ0) is 26.5. The summed E-state index contributed by atoms with van der Waals surface area (Å²) >= 11 is 3.37. The van der Waals surface area contributed by atoms with Gasteiger partial charge >= 0.3 is 5.97 Å². The molecule has 36 heavy (non-hydrogen) atoms. The second-order valence-electron chi connectivity index (χ2n) is 9.17. The Morgan fingerprint density at radius 2 is 1.56 bits per heavy atom. The molecule has 0 bridgehead atoms. The zero-order valence-electron chi connectivity index (χ0n) is 20.1. The van der Waals surface area contributed by atoms with Gasteiger partial charge in [-0.25, -0.2) is 8.42 Å². The first-order valence-corrected chi connectivity index (χ1v) is 13.4. The molecule has 0 saturated carbocycles. The minimum absolute atomic E-state index is 0.0818. The molecule has 0 radical (unpaired) electrons. The Balaban J connectivity index is 2.12. The monoisotopic (exact) mass is 574 g/mol. The molecule has 3 rings (SSSR count). The molecule has 1 atom stereocenters. The van der Waals surface area contributed by atoms with E-state index in [1.807, 2.05) is 30.3 Å². The third kappa shape index (κ3) is 7.22. The summed E-state index contributed by atoms with van der Waals surface area (Å²) in [5, 5.41) is 11.1. The Labute approximate surface area is 219 Å². The van der Waals surface area contributed by atoms with Gasteiger partial charge in [0.05, 0.1) is 9.82 Å². The van der Waals surface area contributed by atoms with Gasteiger partial charge in [0.2, 0.25) is 10.0 Å². The van der Waals surface area contributed by atoms with Crippen molar-refractivity contribution in [2.24, 2.45) is 0 Å². The Morgan fingerprint density at radius 3 is 2.08 bits per heavy atom. The van der Waals surface area contributed by atoms with Gasteiger partial charge in [0.15, 0.2) is 0 Å². The van der Waals surface area contributed by atoms with E-state index in [0.29, 0.717) is 5.56 Å². The number of carbonyl (C=O) groups is 1. The molecule has 190 valence electrons. The molecular weight excluding hydrogens is 548 g/mol. The van der Waals surface area contributed by atoms with E-state index in [4.69, 9.17) is 4.74 Å². The molecule has 0 heterocycles. The SMILES string of the molecule is CC(C)(C)OC(=O)[C@H](Cc1ccccc1)N(Cc1ccc(Br)cc1)S(=O)(=O)c1ccc([N+](=O)[O-])cc1. The van der Waals surface area contributed by atoms with Crippen molar-refractivity contribution in [3.05, 3.63) is 105 Å². The van der Waals surface area contributed by atoms with E-state index >= 15 is 0 Å². The molecule has 0 aliphatic rings. The van der Waals surface area contributed by atoms with Gasteiger partial charge in [-0.3, -0.25) is 14.9 Å². The molecule has 0 amide bonds. The van der Waals surface area contributed by atoms with Crippen LogP contribution >= 0.6 is 15.9 Å². The van der Waals surface area contributed by atoms with E-state index in [1.54, 1.807) is 45.0 Å². The smallest absolute Gasteiger partial charge is 0.325 e. The minimum Gasteiger partial charge on any atom is -0.459 e. The minimum atomic E-state index is -4.27. The number of halogens is 1. The molecular formula is C26H27BrN2O6S. The molecule has 3 aromatic rings. The number of non-ortho nitro benzene ring substituents is 1. The first-order chi connectivity index (χ1) is 16.9. The van der Waals surface area contributed by atoms with Crippen molar-refractivity contribution in [1.82, 2.24) is 4.31 Å². The van der Waals surface area contributed by atoms with Crippen LogP contribution in [0.1, 0.15) is 31.9 Å². The van der Waals surface area contributed by atoms with E-state index < -0.39 is 32.6 Å². The highest BCUT2D eigenvalue weighted by atomic mass is 79.9. The Bertz CT molecular complexity index is 1310. The van der Waals surface area contributed by atoms with Gasteiger partial charge < -0.3 is 4.74 Å². The molecule has 0 aliphatic carbocycles. The topological polar surface area (TPSA) is 107 Å². The summed E-state index contributed by atoms with van der Waals surface area (Å²) in [6, 6.07) is 19.6. The van der Waals surface area contributed by atoms with E-state index in [-0.39, 0.29) is 23.5 Å². The van der Waals surface area contributed by atoms with Crippen LogP contribution in [0.5, 0.6) is 0 Å². The number of esters is 1. The lowest BCUT2D eigenvalue weighted by molar-refractivity contribution is -0.384. The van der Waals surface area contributed by atoms with Gasteiger partial charge in [-0.15, -0.1) is 0 Å². The number of carbonyl (C=O) groups excluding carboxylic acids is 1. The standard InChI is InChI=1S/C26H27BrN2O6S/c1-26(2,3)35-25(30)24(17-19-7-5-4-6-8-19)28(18-20-9-11-21(27)12-10-20)36(33,34)23-15-13-22(14-16-23)29(31)32/h4-16,24H,17-18H2,1-3H3/t24-/m0/s1. The maximum Gasteiger partial charge on any atom is 0.325 e. The fourth-order valence-corrected chi connectivity index (χ4v) is 5.35. The van der Waals surface area contributed by atoms with Crippen LogP contribution in [0, 0.1) is 10.1 Å². The van der Waals surface area contributed by atoms with Gasteiger partial charge in [-0.1, -0.05) is 58.4 Å². The summed E-state index contributed by atoms with van der Waals surface area (Å²) in [6.07, 6.45) is 0.0818. The summed E-state index contributed by atoms with van der Waals surface area (Å²) in [6.45, 7) is 5.04. The largest absolute Gasteiger partial charge is 0.459 e. The van der Waals surface area contributed by atoms with Gasteiger partial charge in [0.1, 0.15) is 11.6 Å². The lowest BCUT2D eigenvalue weighted by Crippen LogP contribution is -2.48. The van der Waals surface area contributed by atoms with E-state index in [0.717, 1.165) is 26.5 Å². The molecule has 0 saturated heterocycles. The zero-order valence-corrected chi connectivity index (χ0v) is 22.5. The molecule has 0 spiro atoms. The van der Waals surface area contributed by atoms with Crippen molar-refractivity contribution in [3.63, 3.8) is 0 Å². The van der Waals surface area contributed by atoms with Crippen molar-refractivity contribution < 1.29 is 22.9 Å². The van der Waals surface area contributed by atoms with Crippen molar-refractivity contribution in [2.75, 3.05) is 0 Å². The van der Waals surface area contributed by atoms with Crippen LogP contribution < -0.4 is 0 Å². The fourth-order valence-electron chi connectivity index (χ4n) is 3.52. The highest BCUT2D eigenvalue weighted by molar-refractivity contribution is 9.10. The van der Waals surface area contributed by atoms with Crippen LogP contribution in [0.25, 0.3) is 0 Å². The van der Waals surface area contributed by atoms with Crippen LogP contribution in [0.15, 0.2) is 88.2 Å². The van der Waals surface area contributed by atoms with Crippen LogP contribution in [-0.4, -0.2) is 35.3 Å². The first-order valence-electron chi connectivity index (χ1n) is 11.1.